The van der Waals surface area contributed by atoms with Gasteiger partial charge in [0.15, 0.2) is 0 Å². The monoisotopic (exact) mass is 428 g/mol. The molecule has 0 bridgehead atoms. The van der Waals surface area contributed by atoms with Crippen molar-refractivity contribution in [3.05, 3.63) is 46.5 Å². The standard InChI is InChI=1S/C23H29ClN4O2/c24-18-4-2-17(3-5-18)23(11-1-12-23)22(29)25-19-6-7-20-26-27-21(28(20)13-8-19)16-9-14-30-15-10-16/h2-5,16,19H,1,6-15H2,(H,25,29). The van der Waals surface area contributed by atoms with Crippen molar-refractivity contribution in [3.8, 4) is 0 Å². The zero-order valence-corrected chi connectivity index (χ0v) is 18.0. The molecule has 0 spiro atoms. The Morgan fingerprint density at radius 2 is 1.87 bits per heavy atom. The lowest BCUT2D eigenvalue weighted by atomic mass is 9.63. The van der Waals surface area contributed by atoms with E-state index in [-0.39, 0.29) is 17.4 Å². The number of nitrogens with one attached hydrogen (secondary N) is 1. The lowest BCUT2D eigenvalue weighted by Crippen LogP contribution is -2.52. The maximum Gasteiger partial charge on any atom is 0.230 e. The summed E-state index contributed by atoms with van der Waals surface area (Å²) in [5.41, 5.74) is 0.697. The molecule has 1 saturated carbocycles. The van der Waals surface area contributed by atoms with Gasteiger partial charge in [0.1, 0.15) is 11.6 Å². The number of aryl methyl sites for hydroxylation is 1. The Balaban J connectivity index is 1.27. The van der Waals surface area contributed by atoms with Gasteiger partial charge in [-0.25, -0.2) is 0 Å². The summed E-state index contributed by atoms with van der Waals surface area (Å²) in [6, 6.07) is 7.97. The zero-order chi connectivity index (χ0) is 20.6. The van der Waals surface area contributed by atoms with Crippen molar-refractivity contribution in [2.45, 2.75) is 75.3 Å². The minimum atomic E-state index is -0.390. The number of aromatic nitrogens is 3. The van der Waals surface area contributed by atoms with E-state index in [2.05, 4.69) is 20.1 Å². The molecule has 2 aliphatic heterocycles. The van der Waals surface area contributed by atoms with Crippen LogP contribution in [0.15, 0.2) is 24.3 Å². The van der Waals surface area contributed by atoms with Gasteiger partial charge in [-0.1, -0.05) is 30.2 Å². The van der Waals surface area contributed by atoms with Crippen molar-refractivity contribution < 1.29 is 9.53 Å². The summed E-state index contributed by atoms with van der Waals surface area (Å²) in [5, 5.41) is 13.1. The molecular formula is C23H29ClN4O2. The molecule has 1 atom stereocenters. The average Bonchev–Trinajstić information content (AvgIpc) is 3.04. The molecule has 1 aromatic heterocycles. The zero-order valence-electron chi connectivity index (χ0n) is 17.3. The first kappa shape index (κ1) is 20.0. The molecule has 1 amide bonds. The first-order chi connectivity index (χ1) is 14.7. The van der Waals surface area contributed by atoms with Crippen LogP contribution in [0.4, 0.5) is 0 Å². The number of hydrogen-bond donors (Lipinski definition) is 1. The Bertz CT molecular complexity index is 900. The van der Waals surface area contributed by atoms with Crippen LogP contribution in [0.5, 0.6) is 0 Å². The largest absolute Gasteiger partial charge is 0.381 e. The predicted molar refractivity (Wildman–Crippen MR) is 115 cm³/mol. The van der Waals surface area contributed by atoms with Crippen molar-refractivity contribution in [1.82, 2.24) is 20.1 Å². The van der Waals surface area contributed by atoms with Crippen molar-refractivity contribution in [2.24, 2.45) is 0 Å². The summed E-state index contributed by atoms with van der Waals surface area (Å²) >= 11 is 6.06. The van der Waals surface area contributed by atoms with Gasteiger partial charge >= 0.3 is 0 Å². The van der Waals surface area contributed by atoms with Crippen LogP contribution < -0.4 is 5.32 Å². The van der Waals surface area contributed by atoms with E-state index in [4.69, 9.17) is 16.3 Å². The second-order valence-electron chi connectivity index (χ2n) is 8.95. The Hall–Kier alpha value is -1.92. The quantitative estimate of drug-likeness (QED) is 0.804. The Morgan fingerprint density at radius 1 is 1.10 bits per heavy atom. The van der Waals surface area contributed by atoms with Crippen LogP contribution in [0, 0.1) is 0 Å². The Kier molecular flexibility index (Phi) is 5.54. The number of amides is 1. The molecule has 0 radical (unpaired) electrons. The molecule has 2 aromatic rings. The molecule has 30 heavy (non-hydrogen) atoms. The third-order valence-corrected chi connectivity index (χ3v) is 7.49. The smallest absolute Gasteiger partial charge is 0.230 e. The molecule has 1 N–H and O–H groups in total. The van der Waals surface area contributed by atoms with Gasteiger partial charge in [-0.15, -0.1) is 10.2 Å². The Morgan fingerprint density at radius 3 is 2.57 bits per heavy atom. The number of carbonyl (C=O) groups excluding carboxylic acids is 1. The molecule has 7 heteroatoms. The number of halogens is 1. The summed E-state index contributed by atoms with van der Waals surface area (Å²) in [6.45, 7) is 2.48. The fourth-order valence-electron chi connectivity index (χ4n) is 5.18. The number of fused-ring (bicyclic) bond motifs is 1. The van der Waals surface area contributed by atoms with Gasteiger partial charge in [0.2, 0.25) is 5.91 Å². The SMILES string of the molecule is O=C(NC1CCc2nnc(C3CCOCC3)n2CC1)C1(c2ccc(Cl)cc2)CCC1. The van der Waals surface area contributed by atoms with E-state index in [0.717, 1.165) is 88.3 Å². The number of ether oxygens (including phenoxy) is 1. The summed E-state index contributed by atoms with van der Waals surface area (Å²) in [6.07, 6.45) is 7.63. The molecule has 1 unspecified atom stereocenters. The van der Waals surface area contributed by atoms with Gasteiger partial charge in [0, 0.05) is 43.2 Å². The molecule has 2 fully saturated rings. The van der Waals surface area contributed by atoms with E-state index in [9.17, 15) is 4.79 Å². The van der Waals surface area contributed by atoms with Crippen LogP contribution >= 0.6 is 11.6 Å². The van der Waals surface area contributed by atoms with E-state index in [1.54, 1.807) is 0 Å². The van der Waals surface area contributed by atoms with E-state index in [1.165, 1.54) is 0 Å². The van der Waals surface area contributed by atoms with Gasteiger partial charge < -0.3 is 14.6 Å². The molecule has 1 aliphatic carbocycles. The van der Waals surface area contributed by atoms with Gasteiger partial charge in [-0.2, -0.15) is 0 Å². The van der Waals surface area contributed by atoms with E-state index in [1.807, 2.05) is 24.3 Å². The van der Waals surface area contributed by atoms with E-state index >= 15 is 0 Å². The summed E-state index contributed by atoms with van der Waals surface area (Å²) in [5.74, 6) is 2.78. The molecule has 6 nitrogen and oxygen atoms in total. The normalized spacial score (nSPS) is 23.8. The van der Waals surface area contributed by atoms with Crippen LogP contribution in [0.25, 0.3) is 0 Å². The summed E-state index contributed by atoms with van der Waals surface area (Å²) < 4.78 is 7.81. The third kappa shape index (κ3) is 3.65. The van der Waals surface area contributed by atoms with Crippen LogP contribution in [0.3, 0.4) is 0 Å². The van der Waals surface area contributed by atoms with Crippen LogP contribution in [-0.4, -0.2) is 39.9 Å². The van der Waals surface area contributed by atoms with Gasteiger partial charge in [0.25, 0.3) is 0 Å². The number of benzene rings is 1. The Labute approximate surface area is 182 Å². The third-order valence-electron chi connectivity index (χ3n) is 7.23. The highest BCUT2D eigenvalue weighted by molar-refractivity contribution is 6.30. The molecule has 160 valence electrons. The van der Waals surface area contributed by atoms with E-state index < -0.39 is 0 Å². The minimum absolute atomic E-state index is 0.170. The lowest BCUT2D eigenvalue weighted by Gasteiger charge is -2.41. The number of hydrogen-bond acceptors (Lipinski definition) is 4. The summed E-state index contributed by atoms with van der Waals surface area (Å²) in [7, 11) is 0. The molecule has 3 heterocycles. The predicted octanol–water partition coefficient (Wildman–Crippen LogP) is 3.77. The van der Waals surface area contributed by atoms with Crippen LogP contribution in [0.2, 0.25) is 5.02 Å². The minimum Gasteiger partial charge on any atom is -0.381 e. The molecule has 1 saturated heterocycles. The number of nitrogens with zero attached hydrogens (tertiary/aromatic N) is 3. The van der Waals surface area contributed by atoms with Gasteiger partial charge in [0.05, 0.1) is 5.41 Å². The topological polar surface area (TPSA) is 69.0 Å². The maximum atomic E-state index is 13.3. The molecule has 3 aliphatic rings. The first-order valence-corrected chi connectivity index (χ1v) is 11.6. The lowest BCUT2D eigenvalue weighted by molar-refractivity contribution is -0.130. The molecule has 1 aromatic carbocycles. The highest BCUT2D eigenvalue weighted by Gasteiger charge is 2.46. The fourth-order valence-corrected chi connectivity index (χ4v) is 5.31. The maximum absolute atomic E-state index is 13.3. The average molecular weight is 429 g/mol. The number of carbonyl (C=O) groups is 1. The summed E-state index contributed by atoms with van der Waals surface area (Å²) in [4.78, 5) is 13.3. The van der Waals surface area contributed by atoms with Crippen LogP contribution in [-0.2, 0) is 27.9 Å². The molecule has 5 rings (SSSR count). The van der Waals surface area contributed by atoms with Gasteiger partial charge in [-0.3, -0.25) is 4.79 Å². The van der Waals surface area contributed by atoms with Crippen LogP contribution in [0.1, 0.15) is 68.1 Å². The molecular weight excluding hydrogens is 400 g/mol. The number of rotatable bonds is 4. The van der Waals surface area contributed by atoms with Crippen molar-refractivity contribution in [1.29, 1.82) is 0 Å². The highest BCUT2D eigenvalue weighted by Crippen LogP contribution is 2.44. The van der Waals surface area contributed by atoms with Gasteiger partial charge in [-0.05, 0) is 56.2 Å². The van der Waals surface area contributed by atoms with Crippen molar-refractivity contribution >= 4 is 17.5 Å². The fraction of sp³-hybridized carbons (Fsp3) is 0.609. The second-order valence-corrected chi connectivity index (χ2v) is 9.39. The van der Waals surface area contributed by atoms with E-state index in [0.29, 0.717) is 10.9 Å². The van der Waals surface area contributed by atoms with Crippen molar-refractivity contribution in [2.75, 3.05) is 13.2 Å². The van der Waals surface area contributed by atoms with Crippen molar-refractivity contribution in [3.63, 3.8) is 0 Å². The highest BCUT2D eigenvalue weighted by atomic mass is 35.5. The second kappa shape index (κ2) is 8.31. The first-order valence-electron chi connectivity index (χ1n) is 11.2.